The first kappa shape index (κ1) is 25.4. The third kappa shape index (κ3) is 11.7. The van der Waals surface area contributed by atoms with E-state index in [1.807, 2.05) is 0 Å². The highest BCUT2D eigenvalue weighted by atomic mass is 32.3. The summed E-state index contributed by atoms with van der Waals surface area (Å²) in [7, 11) is -10.4. The van der Waals surface area contributed by atoms with Gasteiger partial charge in [0, 0.05) is 44.6 Å². The summed E-state index contributed by atoms with van der Waals surface area (Å²) in [6, 6.07) is 0. The van der Waals surface area contributed by atoms with Crippen molar-refractivity contribution in [3.05, 3.63) is 0 Å². The van der Waals surface area contributed by atoms with Crippen molar-refractivity contribution in [3.8, 4) is 0 Å². The maximum absolute atomic E-state index is 12.0. The van der Waals surface area contributed by atoms with Crippen molar-refractivity contribution in [1.82, 2.24) is 0 Å². The maximum Gasteiger partial charge on any atom is 0.270 e. The van der Waals surface area contributed by atoms with E-state index in [9.17, 15) is 16.8 Å². The van der Waals surface area contributed by atoms with Crippen LogP contribution in [0.25, 0.3) is 0 Å². The fraction of sp³-hybridized carbons (Fsp3) is 1.00. The molecule has 0 aliphatic heterocycles. The van der Waals surface area contributed by atoms with E-state index in [1.54, 1.807) is 13.8 Å². The molecule has 0 fully saturated rings. The Morgan fingerprint density at radius 2 is 1.16 bits per heavy atom. The molecule has 0 aromatic heterocycles. The smallest absolute Gasteiger partial charge is 0.270 e. The predicted octanol–water partition coefficient (Wildman–Crippen LogP) is 2.18. The standard InChI is InChI=1S/C13H30O8S4/c1-12(2,11-24(16,17)18)5-7-22(14)9-10-23(15)8-6-13(3,4)25(19,20)21/h16-18H,5-11H2,1-4H3,(H,19,20,21). The summed E-state index contributed by atoms with van der Waals surface area (Å²) in [5.41, 5.74) is -0.595. The molecule has 0 spiro atoms. The number of hydrogen-bond donors (Lipinski definition) is 4. The molecule has 0 saturated heterocycles. The lowest BCUT2D eigenvalue weighted by molar-refractivity contribution is 0.327. The van der Waals surface area contributed by atoms with E-state index in [1.165, 1.54) is 13.8 Å². The van der Waals surface area contributed by atoms with Crippen molar-refractivity contribution in [2.24, 2.45) is 5.41 Å². The first-order valence-corrected chi connectivity index (χ1v) is 13.7. The molecule has 0 rings (SSSR count). The highest BCUT2D eigenvalue weighted by molar-refractivity contribution is 8.19. The second-order valence-corrected chi connectivity index (χ2v) is 14.4. The van der Waals surface area contributed by atoms with E-state index in [2.05, 4.69) is 0 Å². The number of rotatable bonds is 12. The lowest BCUT2D eigenvalue weighted by Crippen LogP contribution is -2.33. The molecular formula is C13H30O8S4. The second-order valence-electron chi connectivity index (χ2n) is 7.37. The van der Waals surface area contributed by atoms with Gasteiger partial charge in [-0.3, -0.25) is 13.0 Å². The summed E-state index contributed by atoms with van der Waals surface area (Å²) in [6.45, 7) is 6.16. The van der Waals surface area contributed by atoms with Gasteiger partial charge >= 0.3 is 0 Å². The minimum absolute atomic E-state index is 0.0342. The largest absolute Gasteiger partial charge is 0.308 e. The molecule has 0 aromatic carbocycles. The van der Waals surface area contributed by atoms with Crippen molar-refractivity contribution >= 4 is 42.6 Å². The Labute approximate surface area is 157 Å². The van der Waals surface area contributed by atoms with E-state index in [0.717, 1.165) is 0 Å². The summed E-state index contributed by atoms with van der Waals surface area (Å²) < 4.78 is 81.2. The quantitative estimate of drug-likeness (QED) is 0.336. The molecule has 154 valence electrons. The summed E-state index contributed by atoms with van der Waals surface area (Å²) in [5, 5.41) is 0. The lowest BCUT2D eigenvalue weighted by atomic mass is 9.93. The lowest BCUT2D eigenvalue weighted by Gasteiger charge is -2.31. The van der Waals surface area contributed by atoms with Crippen LogP contribution in [0, 0.1) is 5.41 Å². The van der Waals surface area contributed by atoms with Gasteiger partial charge in [0.1, 0.15) is 0 Å². The highest BCUT2D eigenvalue weighted by Gasteiger charge is 2.32. The summed E-state index contributed by atoms with van der Waals surface area (Å²) >= 11 is 0. The van der Waals surface area contributed by atoms with Gasteiger partial charge < -0.3 is 13.7 Å². The van der Waals surface area contributed by atoms with E-state index in [0.29, 0.717) is 6.42 Å². The summed E-state index contributed by atoms with van der Waals surface area (Å²) in [6.07, 6.45) is 0.435. The Hall–Kier alpha value is 0.440. The summed E-state index contributed by atoms with van der Waals surface area (Å²) in [5.74, 6) is 0.499. The molecule has 0 heterocycles. The Kier molecular flexibility index (Phi) is 9.75. The molecular weight excluding hydrogens is 412 g/mol. The zero-order valence-electron chi connectivity index (χ0n) is 15.0. The van der Waals surface area contributed by atoms with Crippen LogP contribution in [0.3, 0.4) is 0 Å². The Balaban J connectivity index is 4.25. The monoisotopic (exact) mass is 442 g/mol. The third-order valence-electron chi connectivity index (χ3n) is 3.76. The molecule has 0 saturated carbocycles. The molecule has 12 heteroatoms. The van der Waals surface area contributed by atoms with Crippen LogP contribution in [0.2, 0.25) is 0 Å². The van der Waals surface area contributed by atoms with Gasteiger partial charge in [0.25, 0.3) is 10.1 Å². The van der Waals surface area contributed by atoms with E-state index in [4.69, 9.17) is 18.2 Å². The molecule has 0 aliphatic carbocycles. The molecule has 0 aromatic rings. The predicted molar refractivity (Wildman–Crippen MR) is 105 cm³/mol. The fourth-order valence-corrected chi connectivity index (χ4v) is 6.96. The molecule has 2 unspecified atom stereocenters. The Bertz CT molecular complexity index is 577. The molecule has 0 aliphatic rings. The number of hydrogen-bond acceptors (Lipinski definition) is 7. The maximum atomic E-state index is 12.0. The second kappa shape index (κ2) is 9.58. The van der Waals surface area contributed by atoms with Gasteiger partial charge in [-0.15, -0.1) is 0 Å². The highest BCUT2D eigenvalue weighted by Crippen LogP contribution is 2.41. The Morgan fingerprint density at radius 1 is 0.760 bits per heavy atom. The normalized spacial score (nSPS) is 17.3. The average molecular weight is 443 g/mol. The van der Waals surface area contributed by atoms with Crippen molar-refractivity contribution in [3.63, 3.8) is 0 Å². The van der Waals surface area contributed by atoms with Crippen LogP contribution in [-0.4, -0.2) is 68.6 Å². The van der Waals surface area contributed by atoms with Gasteiger partial charge in [-0.1, -0.05) is 13.8 Å². The third-order valence-corrected chi connectivity index (χ3v) is 9.43. The zero-order valence-corrected chi connectivity index (χ0v) is 18.3. The summed E-state index contributed by atoms with van der Waals surface area (Å²) in [4.78, 5) is 0. The van der Waals surface area contributed by atoms with Crippen LogP contribution in [0.1, 0.15) is 40.5 Å². The van der Waals surface area contributed by atoms with Gasteiger partial charge in [0.15, 0.2) is 0 Å². The average Bonchev–Trinajstić information content (AvgIpc) is 2.37. The van der Waals surface area contributed by atoms with Crippen LogP contribution in [-0.2, 0) is 31.7 Å². The van der Waals surface area contributed by atoms with Gasteiger partial charge in [-0.25, -0.2) is 0 Å². The fourth-order valence-electron chi connectivity index (χ4n) is 1.87. The van der Waals surface area contributed by atoms with Crippen LogP contribution in [0.4, 0.5) is 0 Å². The molecule has 25 heavy (non-hydrogen) atoms. The first-order chi connectivity index (χ1) is 11.0. The molecule has 2 atom stereocenters. The SMILES string of the molecule is CC(C)(CCS(=O)CCS(=O)CCC(C)(C)S(=O)(=O)O)CS(O)(O)O. The first-order valence-electron chi connectivity index (χ1n) is 7.61. The van der Waals surface area contributed by atoms with Crippen LogP contribution in [0.15, 0.2) is 0 Å². The van der Waals surface area contributed by atoms with Gasteiger partial charge in [-0.05, 0) is 32.1 Å². The molecule has 0 radical (unpaired) electrons. The molecule has 0 bridgehead atoms. The van der Waals surface area contributed by atoms with Crippen molar-refractivity contribution < 1.29 is 35.0 Å². The zero-order chi connectivity index (χ0) is 20.1. The van der Waals surface area contributed by atoms with Gasteiger partial charge in [0.2, 0.25) is 0 Å². The molecule has 4 N–H and O–H groups in total. The van der Waals surface area contributed by atoms with Gasteiger partial charge in [-0.2, -0.15) is 8.42 Å². The van der Waals surface area contributed by atoms with Crippen LogP contribution >= 0.6 is 10.9 Å². The van der Waals surface area contributed by atoms with Crippen molar-refractivity contribution in [1.29, 1.82) is 0 Å². The van der Waals surface area contributed by atoms with Crippen molar-refractivity contribution in [2.75, 3.05) is 28.8 Å². The van der Waals surface area contributed by atoms with Crippen LogP contribution < -0.4 is 0 Å². The van der Waals surface area contributed by atoms with E-state index >= 15 is 0 Å². The van der Waals surface area contributed by atoms with Crippen molar-refractivity contribution in [2.45, 2.75) is 45.3 Å². The van der Waals surface area contributed by atoms with E-state index in [-0.39, 0.29) is 35.2 Å². The van der Waals surface area contributed by atoms with E-state index < -0.39 is 52.7 Å². The molecule has 8 nitrogen and oxygen atoms in total. The molecule has 0 amide bonds. The van der Waals surface area contributed by atoms with Gasteiger partial charge in [0.05, 0.1) is 21.4 Å². The van der Waals surface area contributed by atoms with Crippen LogP contribution in [0.5, 0.6) is 0 Å². The minimum atomic E-state index is -4.22. The Morgan fingerprint density at radius 3 is 1.52 bits per heavy atom. The topological polar surface area (TPSA) is 149 Å². The minimum Gasteiger partial charge on any atom is -0.308 e.